The first-order valence-electron chi connectivity index (χ1n) is 7.78. The predicted molar refractivity (Wildman–Crippen MR) is 90.9 cm³/mol. The van der Waals surface area contributed by atoms with E-state index in [0.717, 1.165) is 12.1 Å². The molecule has 2 N–H and O–H groups in total. The van der Waals surface area contributed by atoms with Crippen LogP contribution in [0.2, 0.25) is 0 Å². The number of halogens is 3. The van der Waals surface area contributed by atoms with E-state index in [-0.39, 0.29) is 5.69 Å². The Hall–Kier alpha value is -3.03. The van der Waals surface area contributed by atoms with Crippen LogP contribution in [0.3, 0.4) is 0 Å². The molecule has 5 nitrogen and oxygen atoms in total. The minimum atomic E-state index is -4.60. The summed E-state index contributed by atoms with van der Waals surface area (Å²) >= 11 is 0. The van der Waals surface area contributed by atoms with E-state index in [4.69, 9.17) is 4.74 Å². The number of hydrogen-bond acceptors (Lipinski definition) is 3. The van der Waals surface area contributed by atoms with Crippen molar-refractivity contribution in [3.63, 3.8) is 0 Å². The Bertz CT molecular complexity index is 774. The van der Waals surface area contributed by atoms with Gasteiger partial charge >= 0.3 is 6.18 Å². The molecule has 2 rings (SSSR count). The van der Waals surface area contributed by atoms with E-state index in [2.05, 4.69) is 10.6 Å². The van der Waals surface area contributed by atoms with Gasteiger partial charge < -0.3 is 15.4 Å². The number of rotatable bonds is 6. The molecular formula is C18H17F3N2O3. The van der Waals surface area contributed by atoms with E-state index < -0.39 is 30.0 Å². The van der Waals surface area contributed by atoms with Crippen molar-refractivity contribution in [3.8, 4) is 5.75 Å². The maximum atomic E-state index is 12.9. The molecule has 2 aromatic rings. The lowest BCUT2D eigenvalue weighted by atomic mass is 10.1. The first-order chi connectivity index (χ1) is 12.3. The van der Waals surface area contributed by atoms with Crippen molar-refractivity contribution < 1.29 is 27.5 Å². The van der Waals surface area contributed by atoms with E-state index in [1.165, 1.54) is 12.1 Å². The van der Waals surface area contributed by atoms with Gasteiger partial charge in [0.05, 0.1) is 17.9 Å². The van der Waals surface area contributed by atoms with Crippen molar-refractivity contribution in [2.45, 2.75) is 19.5 Å². The molecule has 0 saturated heterocycles. The smallest absolute Gasteiger partial charge is 0.418 e. The third-order valence-electron chi connectivity index (χ3n) is 3.28. The van der Waals surface area contributed by atoms with Crippen LogP contribution >= 0.6 is 0 Å². The average Bonchev–Trinajstić information content (AvgIpc) is 2.56. The van der Waals surface area contributed by atoms with Gasteiger partial charge in [-0.1, -0.05) is 12.1 Å². The van der Waals surface area contributed by atoms with Crippen LogP contribution < -0.4 is 15.4 Å². The number of alkyl halides is 3. The third kappa shape index (κ3) is 5.51. The monoisotopic (exact) mass is 366 g/mol. The second-order valence-corrected chi connectivity index (χ2v) is 5.27. The van der Waals surface area contributed by atoms with E-state index >= 15 is 0 Å². The molecule has 0 bridgehead atoms. The fourth-order valence-electron chi connectivity index (χ4n) is 2.19. The minimum absolute atomic E-state index is 0.390. The molecule has 138 valence electrons. The Balaban J connectivity index is 1.95. The molecule has 0 aliphatic heterocycles. The number of benzene rings is 2. The van der Waals surface area contributed by atoms with Gasteiger partial charge in [-0.25, -0.2) is 0 Å². The number of carbonyl (C=O) groups excluding carboxylic acids is 2. The molecule has 2 aromatic carbocycles. The lowest BCUT2D eigenvalue weighted by molar-refractivity contribution is -0.137. The highest BCUT2D eigenvalue weighted by Crippen LogP contribution is 2.34. The van der Waals surface area contributed by atoms with Crippen LogP contribution in [-0.2, 0) is 15.8 Å². The molecule has 0 fully saturated rings. The second kappa shape index (κ2) is 8.37. The quantitative estimate of drug-likeness (QED) is 0.758. The highest BCUT2D eigenvalue weighted by atomic mass is 19.4. The number of hydrogen-bond donors (Lipinski definition) is 2. The van der Waals surface area contributed by atoms with E-state index in [9.17, 15) is 22.8 Å². The topological polar surface area (TPSA) is 67.4 Å². The Morgan fingerprint density at radius 3 is 2.19 bits per heavy atom. The maximum Gasteiger partial charge on any atom is 0.418 e. The summed E-state index contributed by atoms with van der Waals surface area (Å²) in [6.07, 6.45) is -5.21. The summed E-state index contributed by atoms with van der Waals surface area (Å²) in [7, 11) is 0. The fraction of sp³-hybridized carbons (Fsp3) is 0.222. The van der Waals surface area contributed by atoms with Crippen LogP contribution in [0, 0.1) is 0 Å². The lowest BCUT2D eigenvalue weighted by Gasteiger charge is -2.13. The van der Waals surface area contributed by atoms with Crippen molar-refractivity contribution in [1.82, 2.24) is 0 Å². The molecular weight excluding hydrogens is 349 g/mol. The van der Waals surface area contributed by atoms with Crippen molar-refractivity contribution in [2.75, 3.05) is 17.2 Å². The molecule has 0 heterocycles. The summed E-state index contributed by atoms with van der Waals surface area (Å²) in [5, 5.41) is 4.62. The maximum absolute atomic E-state index is 12.9. The van der Waals surface area contributed by atoms with Crippen LogP contribution in [0.4, 0.5) is 24.5 Å². The second-order valence-electron chi connectivity index (χ2n) is 5.27. The van der Waals surface area contributed by atoms with Crippen molar-refractivity contribution >= 4 is 23.2 Å². The normalized spacial score (nSPS) is 10.9. The van der Waals surface area contributed by atoms with Gasteiger partial charge in [-0.3, -0.25) is 9.59 Å². The molecule has 8 heteroatoms. The van der Waals surface area contributed by atoms with Gasteiger partial charge in [0, 0.05) is 5.69 Å². The van der Waals surface area contributed by atoms with Gasteiger partial charge in [0.15, 0.2) is 0 Å². The van der Waals surface area contributed by atoms with Gasteiger partial charge in [-0.15, -0.1) is 0 Å². The molecule has 0 unspecified atom stereocenters. The number of carbonyl (C=O) groups is 2. The van der Waals surface area contributed by atoms with E-state index in [1.54, 1.807) is 24.3 Å². The van der Waals surface area contributed by atoms with Gasteiger partial charge in [-0.05, 0) is 43.3 Å². The Morgan fingerprint density at radius 2 is 1.58 bits per heavy atom. The zero-order valence-electron chi connectivity index (χ0n) is 13.9. The van der Waals surface area contributed by atoms with Gasteiger partial charge in [-0.2, -0.15) is 13.2 Å². The highest BCUT2D eigenvalue weighted by Gasteiger charge is 2.33. The zero-order valence-corrected chi connectivity index (χ0v) is 13.9. The molecule has 0 saturated carbocycles. The molecule has 0 atom stereocenters. The fourth-order valence-corrected chi connectivity index (χ4v) is 2.19. The average molecular weight is 366 g/mol. The van der Waals surface area contributed by atoms with Crippen molar-refractivity contribution in [3.05, 3.63) is 54.1 Å². The molecule has 0 spiro atoms. The van der Waals surface area contributed by atoms with Crippen LogP contribution in [0.15, 0.2) is 48.5 Å². The van der Waals surface area contributed by atoms with Crippen LogP contribution in [-0.4, -0.2) is 18.4 Å². The van der Waals surface area contributed by atoms with E-state index in [0.29, 0.717) is 18.0 Å². The summed E-state index contributed by atoms with van der Waals surface area (Å²) in [5.74, 6) is -0.853. The Morgan fingerprint density at radius 1 is 0.962 bits per heavy atom. The summed E-state index contributed by atoms with van der Waals surface area (Å²) in [6, 6.07) is 11.1. The minimum Gasteiger partial charge on any atom is -0.494 e. The predicted octanol–water partition coefficient (Wildman–Crippen LogP) is 4.07. The zero-order chi connectivity index (χ0) is 19.2. The summed E-state index contributed by atoms with van der Waals surface area (Å²) in [4.78, 5) is 23.8. The molecule has 26 heavy (non-hydrogen) atoms. The Labute approximate surface area is 148 Å². The number of anilines is 2. The molecule has 0 aliphatic carbocycles. The number of para-hydroxylation sites is 1. The van der Waals surface area contributed by atoms with Crippen molar-refractivity contribution in [1.29, 1.82) is 0 Å². The van der Waals surface area contributed by atoms with Gasteiger partial charge in [0.2, 0.25) is 11.8 Å². The molecule has 2 amide bonds. The van der Waals surface area contributed by atoms with Crippen LogP contribution in [0.1, 0.15) is 18.9 Å². The molecule has 0 radical (unpaired) electrons. The largest absolute Gasteiger partial charge is 0.494 e. The van der Waals surface area contributed by atoms with Gasteiger partial charge in [0.25, 0.3) is 0 Å². The third-order valence-corrected chi connectivity index (χ3v) is 3.28. The first-order valence-corrected chi connectivity index (χ1v) is 7.78. The number of nitrogens with one attached hydrogen (secondary N) is 2. The van der Waals surface area contributed by atoms with Crippen molar-refractivity contribution in [2.24, 2.45) is 0 Å². The number of amides is 2. The SMILES string of the molecule is CCOc1ccc(NC(=O)CC(=O)Nc2ccccc2C(F)(F)F)cc1. The highest BCUT2D eigenvalue weighted by molar-refractivity contribution is 6.08. The summed E-state index contributed by atoms with van der Waals surface area (Å²) < 4.78 is 44.0. The van der Waals surface area contributed by atoms with E-state index in [1.807, 2.05) is 6.92 Å². The molecule has 0 aromatic heterocycles. The van der Waals surface area contributed by atoms with Gasteiger partial charge in [0.1, 0.15) is 12.2 Å². The summed E-state index contributed by atoms with van der Waals surface area (Å²) in [6.45, 7) is 2.34. The number of ether oxygens (including phenoxy) is 1. The first kappa shape index (κ1) is 19.3. The lowest BCUT2D eigenvalue weighted by Crippen LogP contribution is -2.22. The standard InChI is InChI=1S/C18H17F3N2O3/c1-2-26-13-9-7-12(8-10-13)22-16(24)11-17(25)23-15-6-4-3-5-14(15)18(19,20)21/h3-10H,2,11H2,1H3,(H,22,24)(H,23,25). The molecule has 0 aliphatic rings. The van der Waals surface area contributed by atoms with Crippen LogP contribution in [0.25, 0.3) is 0 Å². The Kier molecular flexibility index (Phi) is 6.21. The van der Waals surface area contributed by atoms with Crippen LogP contribution in [0.5, 0.6) is 5.75 Å². The summed E-state index contributed by atoms with van der Waals surface area (Å²) in [5.41, 5.74) is -0.916.